The third-order valence-corrected chi connectivity index (χ3v) is 4.79. The first-order valence-electron chi connectivity index (χ1n) is 9.02. The van der Waals surface area contributed by atoms with Crippen molar-refractivity contribution in [3.8, 4) is 17.6 Å². The number of carbonyl (C=O) groups excluding carboxylic acids is 1. The number of ether oxygens (including phenoxy) is 2. The van der Waals surface area contributed by atoms with Crippen molar-refractivity contribution in [2.75, 3.05) is 12.4 Å². The molecule has 0 aliphatic rings. The van der Waals surface area contributed by atoms with Crippen molar-refractivity contribution < 1.29 is 14.3 Å². The second-order valence-electron chi connectivity index (χ2n) is 6.45. The molecule has 5 nitrogen and oxygen atoms in total. The molecule has 0 aliphatic heterocycles. The van der Waals surface area contributed by atoms with E-state index < -0.39 is 5.91 Å². The second kappa shape index (κ2) is 10.2. The monoisotopic (exact) mass is 432 g/mol. The molecule has 152 valence electrons. The Morgan fingerprint density at radius 2 is 2.03 bits per heavy atom. The summed E-state index contributed by atoms with van der Waals surface area (Å²) >= 11 is 12.3. The third kappa shape index (κ3) is 5.90. The van der Waals surface area contributed by atoms with Crippen molar-refractivity contribution in [3.05, 3.63) is 57.1 Å². The van der Waals surface area contributed by atoms with Gasteiger partial charge in [-0.1, -0.05) is 36.2 Å². The SMILES string of the molecule is CC[C@H](C)Oc1c(Cl)cc(/C=C(/C#N)C(=O)Nc2cc(Cl)ccc2C)cc1OC. The van der Waals surface area contributed by atoms with E-state index in [0.29, 0.717) is 32.8 Å². The number of methoxy groups -OCH3 is 1. The van der Waals surface area contributed by atoms with E-state index in [1.165, 1.54) is 13.2 Å². The molecule has 1 atom stereocenters. The molecule has 0 aliphatic carbocycles. The van der Waals surface area contributed by atoms with Crippen LogP contribution in [-0.2, 0) is 4.79 Å². The number of nitrogens with one attached hydrogen (secondary N) is 1. The molecule has 2 aromatic rings. The average molecular weight is 433 g/mol. The number of aryl methyl sites for hydroxylation is 1. The van der Waals surface area contributed by atoms with Gasteiger partial charge in [0.15, 0.2) is 11.5 Å². The Balaban J connectivity index is 2.34. The molecule has 0 saturated heterocycles. The quantitative estimate of drug-likeness (QED) is 0.427. The van der Waals surface area contributed by atoms with E-state index in [1.807, 2.05) is 26.8 Å². The summed E-state index contributed by atoms with van der Waals surface area (Å²) in [6.45, 7) is 5.77. The Bertz CT molecular complexity index is 981. The fraction of sp³-hybridized carbons (Fsp3) is 0.273. The van der Waals surface area contributed by atoms with Gasteiger partial charge in [0, 0.05) is 10.7 Å². The Morgan fingerprint density at radius 3 is 2.66 bits per heavy atom. The minimum atomic E-state index is -0.548. The van der Waals surface area contributed by atoms with Crippen molar-refractivity contribution in [1.29, 1.82) is 5.26 Å². The summed E-state index contributed by atoms with van der Waals surface area (Å²) < 4.78 is 11.2. The van der Waals surface area contributed by atoms with E-state index in [2.05, 4.69) is 5.32 Å². The first-order valence-corrected chi connectivity index (χ1v) is 9.78. The molecule has 0 aromatic heterocycles. The van der Waals surface area contributed by atoms with E-state index in [1.54, 1.807) is 30.3 Å². The molecule has 7 heteroatoms. The summed E-state index contributed by atoms with van der Waals surface area (Å²) in [5, 5.41) is 13.0. The van der Waals surface area contributed by atoms with Gasteiger partial charge in [-0.3, -0.25) is 4.79 Å². The van der Waals surface area contributed by atoms with E-state index >= 15 is 0 Å². The number of amides is 1. The number of carbonyl (C=O) groups is 1. The van der Waals surface area contributed by atoms with Gasteiger partial charge in [-0.05, 0) is 61.7 Å². The predicted octanol–water partition coefficient (Wildman–Crippen LogP) is 6.03. The zero-order chi connectivity index (χ0) is 21.6. The van der Waals surface area contributed by atoms with Crippen LogP contribution in [0.4, 0.5) is 5.69 Å². The first kappa shape index (κ1) is 22.6. The molecule has 0 radical (unpaired) electrons. The van der Waals surface area contributed by atoms with Gasteiger partial charge in [-0.25, -0.2) is 0 Å². The summed E-state index contributed by atoms with van der Waals surface area (Å²) in [5.41, 5.74) is 1.82. The van der Waals surface area contributed by atoms with E-state index in [4.69, 9.17) is 32.7 Å². The maximum Gasteiger partial charge on any atom is 0.266 e. The number of hydrogen-bond acceptors (Lipinski definition) is 4. The van der Waals surface area contributed by atoms with Gasteiger partial charge >= 0.3 is 0 Å². The number of rotatable bonds is 7. The van der Waals surface area contributed by atoms with Crippen molar-refractivity contribution in [2.45, 2.75) is 33.3 Å². The minimum absolute atomic E-state index is 0.0378. The highest BCUT2D eigenvalue weighted by molar-refractivity contribution is 6.32. The van der Waals surface area contributed by atoms with Crippen LogP contribution in [0.25, 0.3) is 6.08 Å². The van der Waals surface area contributed by atoms with Crippen LogP contribution in [0.2, 0.25) is 10.0 Å². The summed E-state index contributed by atoms with van der Waals surface area (Å²) in [7, 11) is 1.50. The summed E-state index contributed by atoms with van der Waals surface area (Å²) in [4.78, 5) is 12.6. The van der Waals surface area contributed by atoms with Crippen LogP contribution in [0.1, 0.15) is 31.4 Å². The normalized spacial score (nSPS) is 12.1. The summed E-state index contributed by atoms with van der Waals surface area (Å²) in [6, 6.07) is 10.3. The fourth-order valence-corrected chi connectivity index (χ4v) is 2.89. The lowest BCUT2D eigenvalue weighted by Gasteiger charge is -2.17. The Morgan fingerprint density at radius 1 is 1.31 bits per heavy atom. The van der Waals surface area contributed by atoms with Crippen molar-refractivity contribution in [3.63, 3.8) is 0 Å². The van der Waals surface area contributed by atoms with Gasteiger partial charge in [0.1, 0.15) is 11.6 Å². The van der Waals surface area contributed by atoms with Crippen molar-refractivity contribution in [2.24, 2.45) is 0 Å². The van der Waals surface area contributed by atoms with Crippen LogP contribution in [0.15, 0.2) is 35.9 Å². The largest absolute Gasteiger partial charge is 0.493 e. The molecular formula is C22H22Cl2N2O3. The number of benzene rings is 2. The average Bonchev–Trinajstić information content (AvgIpc) is 2.70. The van der Waals surface area contributed by atoms with E-state index in [-0.39, 0.29) is 11.7 Å². The molecule has 0 saturated carbocycles. The van der Waals surface area contributed by atoms with Crippen LogP contribution in [0.3, 0.4) is 0 Å². The zero-order valence-electron chi connectivity index (χ0n) is 16.7. The number of hydrogen-bond donors (Lipinski definition) is 1. The molecule has 0 spiro atoms. The topological polar surface area (TPSA) is 71.3 Å². The van der Waals surface area contributed by atoms with Gasteiger partial charge in [-0.15, -0.1) is 0 Å². The number of nitriles is 1. The van der Waals surface area contributed by atoms with Gasteiger partial charge in [0.25, 0.3) is 5.91 Å². The Labute approximate surface area is 180 Å². The van der Waals surface area contributed by atoms with Crippen LogP contribution >= 0.6 is 23.2 Å². The van der Waals surface area contributed by atoms with E-state index in [9.17, 15) is 10.1 Å². The number of halogens is 2. The van der Waals surface area contributed by atoms with Crippen molar-refractivity contribution >= 4 is 40.9 Å². The Kier molecular flexibility index (Phi) is 7.95. The number of nitrogens with zero attached hydrogens (tertiary/aromatic N) is 1. The highest BCUT2D eigenvalue weighted by Gasteiger charge is 2.16. The highest BCUT2D eigenvalue weighted by atomic mass is 35.5. The van der Waals surface area contributed by atoms with Gasteiger partial charge in [0.2, 0.25) is 0 Å². The fourth-order valence-electron chi connectivity index (χ4n) is 2.46. The van der Waals surface area contributed by atoms with Gasteiger partial charge in [0.05, 0.1) is 18.2 Å². The van der Waals surface area contributed by atoms with Crippen LogP contribution in [0.5, 0.6) is 11.5 Å². The first-order chi connectivity index (χ1) is 13.8. The molecular weight excluding hydrogens is 411 g/mol. The van der Waals surface area contributed by atoms with Crippen LogP contribution < -0.4 is 14.8 Å². The van der Waals surface area contributed by atoms with E-state index in [0.717, 1.165) is 12.0 Å². The molecule has 0 unspecified atom stereocenters. The Hall–Kier alpha value is -2.68. The summed E-state index contributed by atoms with van der Waals surface area (Å²) in [6.07, 6.45) is 2.21. The lowest BCUT2D eigenvalue weighted by Crippen LogP contribution is -2.14. The molecule has 29 heavy (non-hydrogen) atoms. The molecule has 1 amide bonds. The maximum absolute atomic E-state index is 12.6. The molecule has 0 heterocycles. The zero-order valence-corrected chi connectivity index (χ0v) is 18.2. The molecule has 0 fully saturated rings. The molecule has 0 bridgehead atoms. The number of anilines is 1. The van der Waals surface area contributed by atoms with Gasteiger partial charge < -0.3 is 14.8 Å². The predicted molar refractivity (Wildman–Crippen MR) is 117 cm³/mol. The van der Waals surface area contributed by atoms with Gasteiger partial charge in [-0.2, -0.15) is 5.26 Å². The lowest BCUT2D eigenvalue weighted by molar-refractivity contribution is -0.112. The smallest absolute Gasteiger partial charge is 0.266 e. The third-order valence-electron chi connectivity index (χ3n) is 4.27. The van der Waals surface area contributed by atoms with Crippen LogP contribution in [0, 0.1) is 18.3 Å². The standard InChI is InChI=1S/C22H22Cl2N2O3/c1-5-14(3)29-21-18(24)9-15(10-20(21)28-4)8-16(12-25)22(27)26-19-11-17(23)7-6-13(19)2/h6-11,14H,5H2,1-4H3,(H,26,27)/b16-8-/t14-/m0/s1. The molecule has 1 N–H and O–H groups in total. The van der Waals surface area contributed by atoms with Crippen LogP contribution in [-0.4, -0.2) is 19.1 Å². The molecule has 2 aromatic carbocycles. The lowest BCUT2D eigenvalue weighted by atomic mass is 10.1. The second-order valence-corrected chi connectivity index (χ2v) is 7.30. The van der Waals surface area contributed by atoms with Crippen molar-refractivity contribution in [1.82, 2.24) is 0 Å². The molecule has 2 rings (SSSR count). The minimum Gasteiger partial charge on any atom is -0.493 e. The maximum atomic E-state index is 12.6. The highest BCUT2D eigenvalue weighted by Crippen LogP contribution is 2.38. The summed E-state index contributed by atoms with van der Waals surface area (Å²) in [5.74, 6) is 0.304.